The maximum absolute atomic E-state index is 13.7. The molecule has 0 radical (unpaired) electrons. The molecule has 6 rings (SSSR count). The second-order valence-corrected chi connectivity index (χ2v) is 14.6. The predicted octanol–water partition coefficient (Wildman–Crippen LogP) is 7.01. The molecule has 12 heteroatoms. The van der Waals surface area contributed by atoms with E-state index >= 15 is 0 Å². The van der Waals surface area contributed by atoms with Gasteiger partial charge in [0.2, 0.25) is 0 Å². The van der Waals surface area contributed by atoms with Gasteiger partial charge in [-0.3, -0.25) is 25.0 Å². The molecule has 1 spiro atoms. The SMILES string of the molecule is C=C1C[C@]23C[C@H]1CC[C@H]2[C@]1(C)CC[C@@H](OC(=O)c2ccc([N+](=O)[O-])cc2)[C@](C)(COC(C)=O)C1C[C@@H]3OC(=O)c1ccc([N+](=O)[O-])cc1. The van der Waals surface area contributed by atoms with E-state index in [1.165, 1.54) is 61.0 Å². The van der Waals surface area contributed by atoms with E-state index in [0.717, 1.165) is 32.1 Å². The van der Waals surface area contributed by atoms with Crippen molar-refractivity contribution in [2.75, 3.05) is 6.61 Å². The molecule has 0 amide bonds. The highest BCUT2D eigenvalue weighted by Crippen LogP contribution is 2.73. The van der Waals surface area contributed by atoms with Crippen molar-refractivity contribution >= 4 is 29.3 Å². The van der Waals surface area contributed by atoms with Gasteiger partial charge >= 0.3 is 17.9 Å². The summed E-state index contributed by atoms with van der Waals surface area (Å²) in [5.41, 5.74) is -0.182. The van der Waals surface area contributed by atoms with Crippen molar-refractivity contribution in [3.63, 3.8) is 0 Å². The van der Waals surface area contributed by atoms with Gasteiger partial charge in [-0.15, -0.1) is 0 Å². The number of esters is 3. The molecule has 0 N–H and O–H groups in total. The lowest BCUT2D eigenvalue weighted by molar-refractivity contribution is -0.385. The van der Waals surface area contributed by atoms with E-state index in [1.807, 2.05) is 6.92 Å². The number of carbonyl (C=O) groups is 3. The molecule has 0 aromatic heterocycles. The summed E-state index contributed by atoms with van der Waals surface area (Å²) in [6.45, 7) is 9.98. The molecular weight excluding hydrogens is 620 g/mol. The van der Waals surface area contributed by atoms with Crippen LogP contribution in [0.4, 0.5) is 11.4 Å². The normalized spacial score (nSPS) is 33.5. The largest absolute Gasteiger partial charge is 0.465 e. The number of fused-ring (bicyclic) bond motifs is 3. The Morgan fingerprint density at radius 2 is 1.38 bits per heavy atom. The fraction of sp³-hybridized carbons (Fsp3) is 0.528. The van der Waals surface area contributed by atoms with Crippen molar-refractivity contribution in [1.82, 2.24) is 0 Å². The number of hydrogen-bond acceptors (Lipinski definition) is 10. The van der Waals surface area contributed by atoms with Crippen LogP contribution in [0.25, 0.3) is 0 Å². The number of benzene rings is 2. The van der Waals surface area contributed by atoms with Crippen molar-refractivity contribution in [2.45, 2.75) is 77.9 Å². The second kappa shape index (κ2) is 12.1. The molecule has 4 aliphatic rings. The molecule has 8 atom stereocenters. The van der Waals surface area contributed by atoms with Gasteiger partial charge in [0.25, 0.3) is 11.4 Å². The van der Waals surface area contributed by atoms with Crippen LogP contribution in [0.3, 0.4) is 0 Å². The third kappa shape index (κ3) is 5.54. The molecule has 0 heterocycles. The first-order valence-corrected chi connectivity index (χ1v) is 16.4. The van der Waals surface area contributed by atoms with Gasteiger partial charge in [-0.1, -0.05) is 26.0 Å². The molecule has 4 fully saturated rings. The maximum Gasteiger partial charge on any atom is 0.338 e. The van der Waals surface area contributed by atoms with Gasteiger partial charge in [0.1, 0.15) is 18.8 Å². The highest BCUT2D eigenvalue weighted by molar-refractivity contribution is 5.90. The van der Waals surface area contributed by atoms with Crippen LogP contribution in [-0.4, -0.2) is 46.6 Å². The van der Waals surface area contributed by atoms with Gasteiger partial charge in [0.05, 0.1) is 21.0 Å². The minimum absolute atomic E-state index is 0.0150. The van der Waals surface area contributed by atoms with Crippen LogP contribution in [0.1, 0.15) is 86.4 Å². The van der Waals surface area contributed by atoms with Gasteiger partial charge in [0, 0.05) is 42.0 Å². The lowest BCUT2D eigenvalue weighted by Crippen LogP contribution is -2.66. The molecule has 254 valence electrons. The molecule has 4 aliphatic carbocycles. The molecule has 48 heavy (non-hydrogen) atoms. The molecule has 4 saturated carbocycles. The minimum Gasteiger partial charge on any atom is -0.465 e. The zero-order valence-electron chi connectivity index (χ0n) is 27.3. The van der Waals surface area contributed by atoms with Gasteiger partial charge in [-0.05, 0) is 92.4 Å². The summed E-state index contributed by atoms with van der Waals surface area (Å²) < 4.78 is 18.3. The van der Waals surface area contributed by atoms with Crippen molar-refractivity contribution in [2.24, 2.45) is 34.0 Å². The smallest absolute Gasteiger partial charge is 0.338 e. The summed E-state index contributed by atoms with van der Waals surface area (Å²) in [4.78, 5) is 60.6. The topological polar surface area (TPSA) is 165 Å². The first-order valence-electron chi connectivity index (χ1n) is 16.4. The zero-order chi connectivity index (χ0) is 34.6. The van der Waals surface area contributed by atoms with Gasteiger partial charge in [-0.2, -0.15) is 0 Å². The average molecular weight is 661 g/mol. The first-order chi connectivity index (χ1) is 22.7. The fourth-order valence-electron chi connectivity index (χ4n) is 9.90. The van der Waals surface area contributed by atoms with E-state index < -0.39 is 45.4 Å². The molecular formula is C36H40N2O10. The number of ether oxygens (including phenoxy) is 3. The number of nitrogens with zero attached hydrogens (tertiary/aromatic N) is 2. The average Bonchev–Trinajstić information content (AvgIpc) is 3.30. The summed E-state index contributed by atoms with van der Waals surface area (Å²) in [5.74, 6) is -1.36. The molecule has 0 aliphatic heterocycles. The summed E-state index contributed by atoms with van der Waals surface area (Å²) in [6, 6.07) is 10.6. The predicted molar refractivity (Wildman–Crippen MR) is 172 cm³/mol. The Morgan fingerprint density at radius 1 is 0.833 bits per heavy atom. The van der Waals surface area contributed by atoms with Crippen molar-refractivity contribution in [3.05, 3.63) is 92.0 Å². The quantitative estimate of drug-likeness (QED) is 0.0945. The number of non-ortho nitro benzene ring substituents is 2. The van der Waals surface area contributed by atoms with Crippen LogP contribution in [0.5, 0.6) is 0 Å². The number of nitro groups is 2. The van der Waals surface area contributed by atoms with Crippen LogP contribution >= 0.6 is 0 Å². The molecule has 2 aromatic carbocycles. The minimum atomic E-state index is -0.860. The Labute approximate surface area is 278 Å². The summed E-state index contributed by atoms with van der Waals surface area (Å²) in [5, 5.41) is 22.3. The van der Waals surface area contributed by atoms with Crippen LogP contribution in [0, 0.1) is 54.2 Å². The summed E-state index contributed by atoms with van der Waals surface area (Å²) >= 11 is 0. The fourth-order valence-corrected chi connectivity index (χ4v) is 9.90. The van der Waals surface area contributed by atoms with Crippen LogP contribution in [0.2, 0.25) is 0 Å². The molecule has 1 unspecified atom stereocenters. The second-order valence-electron chi connectivity index (χ2n) is 14.6. The number of hydrogen-bond donors (Lipinski definition) is 0. The number of carbonyl (C=O) groups excluding carboxylic acids is 3. The van der Waals surface area contributed by atoms with Crippen molar-refractivity contribution in [1.29, 1.82) is 0 Å². The highest BCUT2D eigenvalue weighted by atomic mass is 16.6. The monoisotopic (exact) mass is 660 g/mol. The lowest BCUT2D eigenvalue weighted by Gasteiger charge is -2.66. The van der Waals surface area contributed by atoms with Gasteiger partial charge in [-0.25, -0.2) is 9.59 Å². The standard InChI is InChI=1S/C36H40N2O10/c1-21-18-36-19-25(21)9-14-28(36)34(3)16-15-30(47-32(40)23-5-10-26(11-6-23)37(42)43)35(4,20-46-22(2)39)29(34)17-31(36)48-33(41)24-7-12-27(13-8-24)38(44)45/h5-8,10-13,25,28-31H,1,9,14-20H2,2-4H3/t25-,28+,29?,30-,31+,34+,35-,36+/m1/s1. The summed E-state index contributed by atoms with van der Waals surface area (Å²) in [6.07, 6.45) is 4.01. The molecule has 2 bridgehead atoms. The Hall–Kier alpha value is -4.61. The maximum atomic E-state index is 13.7. The zero-order valence-corrected chi connectivity index (χ0v) is 27.3. The number of allylic oxidation sites excluding steroid dienone is 1. The summed E-state index contributed by atoms with van der Waals surface area (Å²) in [7, 11) is 0. The molecule has 2 aromatic rings. The van der Waals surface area contributed by atoms with E-state index in [-0.39, 0.29) is 51.8 Å². The van der Waals surface area contributed by atoms with Crippen LogP contribution < -0.4 is 0 Å². The van der Waals surface area contributed by atoms with Crippen LogP contribution in [-0.2, 0) is 19.0 Å². The molecule has 0 saturated heterocycles. The van der Waals surface area contributed by atoms with Crippen molar-refractivity contribution in [3.8, 4) is 0 Å². The third-order valence-corrected chi connectivity index (χ3v) is 12.1. The van der Waals surface area contributed by atoms with Crippen molar-refractivity contribution < 1.29 is 38.4 Å². The van der Waals surface area contributed by atoms with E-state index in [9.17, 15) is 34.6 Å². The lowest BCUT2D eigenvalue weighted by atomic mass is 9.40. The van der Waals surface area contributed by atoms with Gasteiger partial charge in [0.15, 0.2) is 0 Å². The third-order valence-electron chi connectivity index (χ3n) is 12.1. The van der Waals surface area contributed by atoms with E-state index in [1.54, 1.807) is 0 Å². The van der Waals surface area contributed by atoms with E-state index in [4.69, 9.17) is 14.2 Å². The Kier molecular flexibility index (Phi) is 8.41. The van der Waals surface area contributed by atoms with Gasteiger partial charge < -0.3 is 14.2 Å². The Bertz CT molecular complexity index is 1670. The number of rotatable bonds is 8. The number of nitro benzene ring substituents is 2. The molecule has 12 nitrogen and oxygen atoms in total. The highest BCUT2D eigenvalue weighted by Gasteiger charge is 2.70. The Morgan fingerprint density at radius 3 is 1.90 bits per heavy atom. The van der Waals surface area contributed by atoms with Crippen LogP contribution in [0.15, 0.2) is 60.7 Å². The Balaban J connectivity index is 1.35. The van der Waals surface area contributed by atoms with E-state index in [2.05, 4.69) is 13.5 Å². The first kappa shape index (κ1) is 33.3. The van der Waals surface area contributed by atoms with E-state index in [0.29, 0.717) is 18.8 Å².